The molecule has 0 bridgehead atoms. The Labute approximate surface area is 177 Å². The van der Waals surface area contributed by atoms with Crippen molar-refractivity contribution in [3.05, 3.63) is 41.7 Å². The van der Waals surface area contributed by atoms with E-state index in [1.54, 1.807) is 7.11 Å². The van der Waals surface area contributed by atoms with E-state index in [1.807, 2.05) is 29.2 Å². The fraction of sp³-hybridized carbons (Fsp3) is 0.545. The predicted octanol–water partition coefficient (Wildman–Crippen LogP) is 1.69. The number of methoxy groups -OCH3 is 1. The molecule has 2 aromatic rings. The number of benzene rings is 1. The summed E-state index contributed by atoms with van der Waals surface area (Å²) in [6.07, 6.45) is 1.70. The van der Waals surface area contributed by atoms with Gasteiger partial charge in [0.1, 0.15) is 11.5 Å². The van der Waals surface area contributed by atoms with Crippen LogP contribution in [0.4, 0.5) is 0 Å². The minimum atomic E-state index is 0.210. The molecule has 162 valence electrons. The number of aromatic nitrogens is 2. The monoisotopic (exact) mass is 414 g/mol. The summed E-state index contributed by atoms with van der Waals surface area (Å²) in [5.41, 5.74) is 2.08. The van der Waals surface area contributed by atoms with Crippen LogP contribution in [0.3, 0.4) is 0 Å². The summed E-state index contributed by atoms with van der Waals surface area (Å²) in [6, 6.07) is 9.70. The number of carbonyl (C=O) groups excluding carboxylic acids is 1. The van der Waals surface area contributed by atoms with Gasteiger partial charge in [0.05, 0.1) is 39.2 Å². The van der Waals surface area contributed by atoms with Crippen molar-refractivity contribution < 1.29 is 19.0 Å². The van der Waals surface area contributed by atoms with Gasteiger partial charge in [-0.15, -0.1) is 0 Å². The van der Waals surface area contributed by atoms with Crippen molar-refractivity contribution in [2.24, 2.45) is 0 Å². The fourth-order valence-corrected chi connectivity index (χ4v) is 3.97. The molecule has 1 aromatic carbocycles. The normalized spacial score (nSPS) is 19.8. The summed E-state index contributed by atoms with van der Waals surface area (Å²) in [5.74, 6) is 2.08. The molecule has 30 heavy (non-hydrogen) atoms. The summed E-state index contributed by atoms with van der Waals surface area (Å²) >= 11 is 0. The molecule has 0 spiro atoms. The van der Waals surface area contributed by atoms with Crippen LogP contribution in [0, 0.1) is 0 Å². The summed E-state index contributed by atoms with van der Waals surface area (Å²) in [4.78, 5) is 16.8. The van der Waals surface area contributed by atoms with Gasteiger partial charge in [-0.3, -0.25) is 14.8 Å². The van der Waals surface area contributed by atoms with Crippen LogP contribution in [0.25, 0.3) is 0 Å². The number of carbonyl (C=O) groups is 1. The molecule has 2 aliphatic heterocycles. The molecule has 8 heteroatoms. The zero-order valence-electron chi connectivity index (χ0n) is 17.5. The maximum absolute atomic E-state index is 12.6. The lowest BCUT2D eigenvalue weighted by Gasteiger charge is -2.28. The van der Waals surface area contributed by atoms with Crippen LogP contribution in [0.15, 0.2) is 30.3 Å². The Morgan fingerprint density at radius 3 is 2.90 bits per heavy atom. The molecule has 0 unspecified atom stereocenters. The highest BCUT2D eigenvalue weighted by Crippen LogP contribution is 2.26. The van der Waals surface area contributed by atoms with Crippen LogP contribution >= 0.6 is 0 Å². The van der Waals surface area contributed by atoms with Crippen molar-refractivity contribution >= 4 is 5.91 Å². The van der Waals surface area contributed by atoms with Gasteiger partial charge in [-0.05, 0) is 24.6 Å². The van der Waals surface area contributed by atoms with Crippen LogP contribution in [0.2, 0.25) is 0 Å². The van der Waals surface area contributed by atoms with E-state index in [1.165, 1.54) is 0 Å². The summed E-state index contributed by atoms with van der Waals surface area (Å²) in [7, 11) is 1.64. The number of likely N-dealkylation sites (tertiary alicyclic amines) is 1. The first-order chi connectivity index (χ1) is 14.7. The van der Waals surface area contributed by atoms with E-state index in [0.29, 0.717) is 32.3 Å². The average molecular weight is 415 g/mol. The van der Waals surface area contributed by atoms with Gasteiger partial charge in [-0.1, -0.05) is 6.07 Å². The van der Waals surface area contributed by atoms with Gasteiger partial charge in [0.15, 0.2) is 0 Å². The van der Waals surface area contributed by atoms with E-state index in [2.05, 4.69) is 21.2 Å². The minimum Gasteiger partial charge on any atom is -0.497 e. The summed E-state index contributed by atoms with van der Waals surface area (Å²) < 4.78 is 16.4. The third kappa shape index (κ3) is 5.31. The molecule has 1 N–H and O–H groups in total. The van der Waals surface area contributed by atoms with E-state index < -0.39 is 0 Å². The lowest BCUT2D eigenvalue weighted by atomic mass is 10.0. The highest BCUT2D eigenvalue weighted by Gasteiger charge is 2.29. The Bertz CT molecular complexity index is 834. The van der Waals surface area contributed by atoms with Gasteiger partial charge in [-0.2, -0.15) is 5.10 Å². The maximum Gasteiger partial charge on any atom is 0.236 e. The molecule has 8 nitrogen and oxygen atoms in total. The lowest BCUT2D eigenvalue weighted by molar-refractivity contribution is -0.132. The number of hydrogen-bond donors (Lipinski definition) is 1. The molecule has 0 saturated carbocycles. The smallest absolute Gasteiger partial charge is 0.236 e. The predicted molar refractivity (Wildman–Crippen MR) is 112 cm³/mol. The number of hydrogen-bond acceptors (Lipinski definition) is 6. The quantitative estimate of drug-likeness (QED) is 0.708. The van der Waals surface area contributed by atoms with E-state index in [0.717, 1.165) is 61.9 Å². The van der Waals surface area contributed by atoms with E-state index in [9.17, 15) is 4.79 Å². The minimum absolute atomic E-state index is 0.210. The van der Waals surface area contributed by atoms with Gasteiger partial charge in [0.25, 0.3) is 0 Å². The molecular weight excluding hydrogens is 384 g/mol. The Morgan fingerprint density at radius 2 is 2.07 bits per heavy atom. The third-order valence-electron chi connectivity index (χ3n) is 5.75. The number of ether oxygens (including phenoxy) is 3. The second-order valence-corrected chi connectivity index (χ2v) is 7.81. The number of nitrogens with one attached hydrogen (secondary N) is 1. The van der Waals surface area contributed by atoms with Gasteiger partial charge in [0, 0.05) is 50.3 Å². The molecule has 3 heterocycles. The Hall–Kier alpha value is -2.58. The second kappa shape index (κ2) is 9.95. The molecule has 0 aliphatic carbocycles. The number of aromatic amines is 1. The third-order valence-corrected chi connectivity index (χ3v) is 5.75. The van der Waals surface area contributed by atoms with Crippen LogP contribution in [0.5, 0.6) is 11.5 Å². The standard InChI is InChI=1S/C22H30N4O4/c1-28-19-3-2-4-20(14-19)30-10-6-18-13-21(24-23-18)17-5-7-26(15-17)22(27)16-25-8-11-29-12-9-25/h2-4,13-14,17H,5-12,15-16H2,1H3,(H,23,24)/t17-/m1/s1. The number of rotatable bonds is 8. The van der Waals surface area contributed by atoms with E-state index >= 15 is 0 Å². The van der Waals surface area contributed by atoms with Crippen molar-refractivity contribution in [1.82, 2.24) is 20.0 Å². The molecule has 1 amide bonds. The van der Waals surface area contributed by atoms with Crippen molar-refractivity contribution in [1.29, 1.82) is 0 Å². The van der Waals surface area contributed by atoms with E-state index in [-0.39, 0.29) is 5.91 Å². The fourth-order valence-electron chi connectivity index (χ4n) is 3.97. The molecule has 4 rings (SSSR count). The molecule has 1 aromatic heterocycles. The molecule has 2 saturated heterocycles. The number of nitrogens with zero attached hydrogens (tertiary/aromatic N) is 3. The highest BCUT2D eigenvalue weighted by molar-refractivity contribution is 5.78. The SMILES string of the molecule is COc1cccc(OCCc2cc([C@@H]3CCN(C(=O)CN4CCOCC4)C3)n[nH]2)c1. The van der Waals surface area contributed by atoms with Crippen molar-refractivity contribution in [2.45, 2.75) is 18.8 Å². The van der Waals surface area contributed by atoms with Crippen molar-refractivity contribution in [2.75, 3.05) is 59.7 Å². The van der Waals surface area contributed by atoms with Gasteiger partial charge < -0.3 is 19.1 Å². The summed E-state index contributed by atoms with van der Waals surface area (Å²) in [6.45, 7) is 5.70. The highest BCUT2D eigenvalue weighted by atomic mass is 16.5. The Kier molecular flexibility index (Phi) is 6.86. The zero-order valence-corrected chi connectivity index (χ0v) is 17.5. The van der Waals surface area contributed by atoms with Gasteiger partial charge in [0.2, 0.25) is 5.91 Å². The lowest BCUT2D eigenvalue weighted by Crippen LogP contribution is -2.44. The Morgan fingerprint density at radius 1 is 1.23 bits per heavy atom. The van der Waals surface area contributed by atoms with Crippen molar-refractivity contribution in [3.63, 3.8) is 0 Å². The molecule has 2 fully saturated rings. The van der Waals surface area contributed by atoms with Crippen LogP contribution in [-0.2, 0) is 16.0 Å². The first kappa shape index (κ1) is 20.7. The van der Waals surface area contributed by atoms with Crippen LogP contribution in [0.1, 0.15) is 23.7 Å². The van der Waals surface area contributed by atoms with Crippen LogP contribution < -0.4 is 9.47 Å². The molecule has 1 atom stereocenters. The molecule has 0 radical (unpaired) electrons. The average Bonchev–Trinajstić information content (AvgIpc) is 3.44. The Balaban J connectivity index is 1.23. The van der Waals surface area contributed by atoms with E-state index in [4.69, 9.17) is 14.2 Å². The maximum atomic E-state index is 12.6. The topological polar surface area (TPSA) is 79.9 Å². The first-order valence-electron chi connectivity index (χ1n) is 10.6. The van der Waals surface area contributed by atoms with Gasteiger partial charge >= 0.3 is 0 Å². The number of H-pyrrole nitrogens is 1. The first-order valence-corrected chi connectivity index (χ1v) is 10.6. The summed E-state index contributed by atoms with van der Waals surface area (Å²) in [5, 5.41) is 7.62. The second-order valence-electron chi connectivity index (χ2n) is 7.81. The number of amides is 1. The van der Waals surface area contributed by atoms with Gasteiger partial charge in [-0.25, -0.2) is 0 Å². The largest absolute Gasteiger partial charge is 0.497 e. The number of morpholine rings is 1. The zero-order chi connectivity index (χ0) is 20.8. The van der Waals surface area contributed by atoms with Crippen molar-refractivity contribution in [3.8, 4) is 11.5 Å². The molecular formula is C22H30N4O4. The molecule has 2 aliphatic rings. The van der Waals surface area contributed by atoms with Crippen LogP contribution in [-0.4, -0.2) is 85.6 Å².